The molecule has 2 fully saturated rings. The largest absolute Gasteiger partial charge is 0.486 e. The molecule has 2 atom stereocenters. The van der Waals surface area contributed by atoms with Crippen LogP contribution >= 0.6 is 0 Å². The lowest BCUT2D eigenvalue weighted by molar-refractivity contribution is -0.123. The monoisotopic (exact) mass is 360 g/mol. The first kappa shape index (κ1) is 17.3. The molecule has 2 amide bonds. The van der Waals surface area contributed by atoms with Crippen molar-refractivity contribution < 1.29 is 24.2 Å². The molecule has 1 aromatic rings. The van der Waals surface area contributed by atoms with Crippen molar-refractivity contribution in [3.63, 3.8) is 0 Å². The zero-order valence-electron chi connectivity index (χ0n) is 14.7. The minimum atomic E-state index is -0.437. The first-order valence-corrected chi connectivity index (χ1v) is 9.32. The van der Waals surface area contributed by atoms with Crippen molar-refractivity contribution in [3.05, 3.63) is 18.2 Å². The van der Waals surface area contributed by atoms with E-state index in [1.807, 2.05) is 0 Å². The molecule has 3 aliphatic heterocycles. The van der Waals surface area contributed by atoms with Gasteiger partial charge < -0.3 is 14.6 Å². The Morgan fingerprint density at radius 3 is 2.73 bits per heavy atom. The van der Waals surface area contributed by atoms with Crippen molar-refractivity contribution in [1.82, 2.24) is 4.90 Å². The van der Waals surface area contributed by atoms with Crippen molar-refractivity contribution in [2.24, 2.45) is 0 Å². The standard InChI is InChI=1S/C19H24N2O5/c22-8-6-13-3-1-2-7-20(13)15-12-18(23)21(19(15)24)14-4-5-16-17(11-14)26-10-9-25-16/h4-5,11,13,15,22H,1-3,6-10,12H2/t13-,15-/m1/s1. The molecular weight excluding hydrogens is 336 g/mol. The number of piperidine rings is 1. The average Bonchev–Trinajstić information content (AvgIpc) is 2.96. The second-order valence-electron chi connectivity index (χ2n) is 7.01. The van der Waals surface area contributed by atoms with E-state index in [1.165, 1.54) is 4.90 Å². The van der Waals surface area contributed by atoms with Gasteiger partial charge in [-0.1, -0.05) is 6.42 Å². The summed E-state index contributed by atoms with van der Waals surface area (Å²) in [5, 5.41) is 9.32. The molecule has 0 spiro atoms. The Bertz CT molecular complexity index is 705. The van der Waals surface area contributed by atoms with Gasteiger partial charge in [0.15, 0.2) is 11.5 Å². The molecule has 4 rings (SSSR count). The lowest BCUT2D eigenvalue weighted by Gasteiger charge is -2.38. The van der Waals surface area contributed by atoms with E-state index in [2.05, 4.69) is 4.90 Å². The maximum Gasteiger partial charge on any atom is 0.251 e. The van der Waals surface area contributed by atoms with Crippen LogP contribution in [0.5, 0.6) is 11.5 Å². The van der Waals surface area contributed by atoms with Crippen LogP contribution in [-0.2, 0) is 9.59 Å². The normalized spacial score (nSPS) is 26.4. The first-order chi connectivity index (χ1) is 12.7. The molecule has 7 heteroatoms. The van der Waals surface area contributed by atoms with E-state index < -0.39 is 6.04 Å². The molecule has 7 nitrogen and oxygen atoms in total. The molecule has 0 radical (unpaired) electrons. The Morgan fingerprint density at radius 1 is 1.12 bits per heavy atom. The maximum absolute atomic E-state index is 13.1. The number of imide groups is 1. The number of carbonyl (C=O) groups excluding carboxylic acids is 2. The summed E-state index contributed by atoms with van der Waals surface area (Å²) >= 11 is 0. The molecule has 0 bridgehead atoms. The number of rotatable bonds is 4. The topological polar surface area (TPSA) is 79.3 Å². The number of hydrogen-bond donors (Lipinski definition) is 1. The van der Waals surface area contributed by atoms with E-state index in [-0.39, 0.29) is 30.9 Å². The van der Waals surface area contributed by atoms with Gasteiger partial charge in [-0.2, -0.15) is 0 Å². The number of anilines is 1. The summed E-state index contributed by atoms with van der Waals surface area (Å²) in [7, 11) is 0. The van der Waals surface area contributed by atoms with Crippen LogP contribution in [0.1, 0.15) is 32.1 Å². The lowest BCUT2D eigenvalue weighted by atomic mass is 9.97. The van der Waals surface area contributed by atoms with Crippen molar-refractivity contribution in [3.8, 4) is 11.5 Å². The number of nitrogens with zero attached hydrogens (tertiary/aromatic N) is 2. The Kier molecular flexibility index (Phi) is 4.82. The fourth-order valence-electron chi connectivity index (χ4n) is 4.21. The maximum atomic E-state index is 13.1. The Labute approximate surface area is 152 Å². The quantitative estimate of drug-likeness (QED) is 0.816. The fourth-order valence-corrected chi connectivity index (χ4v) is 4.21. The minimum Gasteiger partial charge on any atom is -0.486 e. The minimum absolute atomic E-state index is 0.0991. The summed E-state index contributed by atoms with van der Waals surface area (Å²) in [5.74, 6) is 0.824. The molecule has 0 aromatic heterocycles. The van der Waals surface area contributed by atoms with E-state index in [4.69, 9.17) is 9.47 Å². The van der Waals surface area contributed by atoms with Crippen LogP contribution in [0.3, 0.4) is 0 Å². The summed E-state index contributed by atoms with van der Waals surface area (Å²) in [6, 6.07) is 4.90. The summed E-state index contributed by atoms with van der Waals surface area (Å²) in [6.45, 7) is 1.85. The summed E-state index contributed by atoms with van der Waals surface area (Å²) < 4.78 is 11.1. The fraction of sp³-hybridized carbons (Fsp3) is 0.579. The van der Waals surface area contributed by atoms with Crippen LogP contribution in [0.25, 0.3) is 0 Å². The van der Waals surface area contributed by atoms with Crippen LogP contribution in [-0.4, -0.2) is 60.3 Å². The number of benzene rings is 1. The van der Waals surface area contributed by atoms with Gasteiger partial charge in [-0.25, -0.2) is 4.90 Å². The van der Waals surface area contributed by atoms with E-state index >= 15 is 0 Å². The first-order valence-electron chi connectivity index (χ1n) is 9.32. The molecule has 1 N–H and O–H groups in total. The second-order valence-corrected chi connectivity index (χ2v) is 7.01. The third-order valence-electron chi connectivity index (χ3n) is 5.44. The van der Waals surface area contributed by atoms with Gasteiger partial charge in [0.05, 0.1) is 18.2 Å². The van der Waals surface area contributed by atoms with E-state index in [0.29, 0.717) is 36.8 Å². The number of likely N-dealkylation sites (tertiary alicyclic amines) is 1. The van der Waals surface area contributed by atoms with Crippen molar-refractivity contribution in [1.29, 1.82) is 0 Å². The third kappa shape index (κ3) is 3.05. The molecule has 1 aromatic carbocycles. The van der Waals surface area contributed by atoms with E-state index in [0.717, 1.165) is 25.8 Å². The zero-order chi connectivity index (χ0) is 18.1. The van der Waals surface area contributed by atoms with Crippen molar-refractivity contribution >= 4 is 17.5 Å². The van der Waals surface area contributed by atoms with Gasteiger partial charge in [0.2, 0.25) is 5.91 Å². The van der Waals surface area contributed by atoms with Crippen molar-refractivity contribution in [2.45, 2.75) is 44.2 Å². The van der Waals surface area contributed by atoms with Crippen LogP contribution in [0.4, 0.5) is 5.69 Å². The van der Waals surface area contributed by atoms with Crippen LogP contribution in [0.15, 0.2) is 18.2 Å². The SMILES string of the molecule is O=C1C[C@@H](N2CCCC[C@@H]2CCO)C(=O)N1c1ccc2c(c1)OCCO2. The Hall–Kier alpha value is -2.12. The number of aliphatic hydroxyl groups excluding tert-OH is 1. The summed E-state index contributed by atoms with van der Waals surface area (Å²) in [6.07, 6.45) is 3.91. The highest BCUT2D eigenvalue weighted by Crippen LogP contribution is 2.37. The molecule has 3 aliphatic rings. The predicted octanol–water partition coefficient (Wildman–Crippen LogP) is 1.33. The smallest absolute Gasteiger partial charge is 0.251 e. The number of fused-ring (bicyclic) bond motifs is 1. The zero-order valence-corrected chi connectivity index (χ0v) is 14.7. The lowest BCUT2D eigenvalue weighted by Crippen LogP contribution is -2.50. The number of hydrogen-bond acceptors (Lipinski definition) is 6. The Morgan fingerprint density at radius 2 is 1.92 bits per heavy atom. The summed E-state index contributed by atoms with van der Waals surface area (Å²) in [5.41, 5.74) is 0.530. The highest BCUT2D eigenvalue weighted by Gasteiger charge is 2.45. The Balaban J connectivity index is 1.57. The number of amides is 2. The van der Waals surface area contributed by atoms with Gasteiger partial charge in [0, 0.05) is 18.7 Å². The highest BCUT2D eigenvalue weighted by atomic mass is 16.6. The molecular formula is C19H24N2O5. The number of carbonyl (C=O) groups is 2. The van der Waals surface area contributed by atoms with Gasteiger partial charge in [-0.15, -0.1) is 0 Å². The number of ether oxygens (including phenoxy) is 2. The van der Waals surface area contributed by atoms with Gasteiger partial charge in [-0.3, -0.25) is 14.5 Å². The van der Waals surface area contributed by atoms with Gasteiger partial charge in [-0.05, 0) is 37.9 Å². The second kappa shape index (κ2) is 7.25. The summed E-state index contributed by atoms with van der Waals surface area (Å²) in [4.78, 5) is 29.1. The van der Waals surface area contributed by atoms with E-state index in [1.54, 1.807) is 18.2 Å². The third-order valence-corrected chi connectivity index (χ3v) is 5.44. The molecule has 0 aliphatic carbocycles. The number of aliphatic hydroxyl groups is 1. The molecule has 26 heavy (non-hydrogen) atoms. The molecule has 0 saturated carbocycles. The van der Waals surface area contributed by atoms with Crippen LogP contribution in [0.2, 0.25) is 0 Å². The highest BCUT2D eigenvalue weighted by molar-refractivity contribution is 6.22. The van der Waals surface area contributed by atoms with Crippen molar-refractivity contribution in [2.75, 3.05) is 31.3 Å². The molecule has 3 heterocycles. The van der Waals surface area contributed by atoms with Crippen LogP contribution in [0, 0.1) is 0 Å². The van der Waals surface area contributed by atoms with Gasteiger partial charge >= 0.3 is 0 Å². The van der Waals surface area contributed by atoms with Gasteiger partial charge in [0.1, 0.15) is 13.2 Å². The van der Waals surface area contributed by atoms with Crippen LogP contribution < -0.4 is 14.4 Å². The molecule has 140 valence electrons. The molecule has 0 unspecified atom stereocenters. The van der Waals surface area contributed by atoms with Gasteiger partial charge in [0.25, 0.3) is 5.91 Å². The molecule has 2 saturated heterocycles. The predicted molar refractivity (Wildman–Crippen MR) is 94.4 cm³/mol. The van der Waals surface area contributed by atoms with E-state index in [9.17, 15) is 14.7 Å². The average molecular weight is 360 g/mol.